The predicted molar refractivity (Wildman–Crippen MR) is 121 cm³/mol. The Balaban J connectivity index is 0.00000132. The molecule has 1 aliphatic rings. The molecule has 0 aliphatic carbocycles. The number of halogens is 1. The lowest BCUT2D eigenvalue weighted by molar-refractivity contribution is -0.0980. The van der Waals surface area contributed by atoms with E-state index in [0.717, 1.165) is 11.1 Å². The van der Waals surface area contributed by atoms with E-state index in [4.69, 9.17) is 25.9 Å². The van der Waals surface area contributed by atoms with E-state index >= 15 is 0 Å². The topological polar surface area (TPSA) is 76.7 Å². The second kappa shape index (κ2) is 10.5. The monoisotopic (exact) mass is 438 g/mol. The number of carbonyl (C=O) groups is 2. The first kappa shape index (κ1) is 22.2. The molecule has 0 saturated heterocycles. The van der Waals surface area contributed by atoms with Crippen molar-refractivity contribution in [3.8, 4) is 11.5 Å². The van der Waals surface area contributed by atoms with Gasteiger partial charge in [-0.15, -0.1) is 0 Å². The summed E-state index contributed by atoms with van der Waals surface area (Å²) in [5.41, 5.74) is 4.38. The molecule has 7 heteroatoms. The Labute approximate surface area is 186 Å². The Kier molecular flexibility index (Phi) is 7.51. The molecule has 3 aromatic carbocycles. The molecule has 0 atom stereocenters. The molecule has 160 valence electrons. The molecule has 0 aromatic heterocycles. The number of hydrogen-bond donors (Lipinski definition) is 2. The van der Waals surface area contributed by atoms with E-state index in [1.807, 2.05) is 37.1 Å². The number of rotatable bonds is 6. The number of aryl methyl sites for hydroxylation is 1. The van der Waals surface area contributed by atoms with Crippen molar-refractivity contribution < 1.29 is 19.1 Å². The highest BCUT2D eigenvalue weighted by atomic mass is 35.5. The van der Waals surface area contributed by atoms with Gasteiger partial charge in [-0.2, -0.15) is 0 Å². The van der Waals surface area contributed by atoms with Crippen molar-refractivity contribution in [1.29, 1.82) is 0 Å². The first-order chi connectivity index (χ1) is 15.1. The zero-order valence-electron chi connectivity index (χ0n) is 17.1. The maximum absolute atomic E-state index is 12.9. The van der Waals surface area contributed by atoms with E-state index < -0.39 is 0 Å². The number of carbonyl (C=O) groups excluding carboxylic acids is 2. The maximum Gasteiger partial charge on any atom is 0.255 e. The van der Waals surface area contributed by atoms with Gasteiger partial charge in [0.05, 0.1) is 10.6 Å². The summed E-state index contributed by atoms with van der Waals surface area (Å²) in [5.74, 6) is 1.17. The van der Waals surface area contributed by atoms with Crippen molar-refractivity contribution in [3.05, 3.63) is 87.9 Å². The molecule has 0 unspecified atom stereocenters. The second-order valence-corrected chi connectivity index (χ2v) is 7.28. The normalized spacial score (nSPS) is 11.3. The van der Waals surface area contributed by atoms with Crippen molar-refractivity contribution in [2.75, 3.05) is 12.1 Å². The van der Waals surface area contributed by atoms with Crippen molar-refractivity contribution >= 4 is 30.0 Å². The van der Waals surface area contributed by atoms with E-state index in [2.05, 4.69) is 41.8 Å². The van der Waals surface area contributed by atoms with Crippen molar-refractivity contribution in [2.24, 2.45) is 0 Å². The first-order valence-corrected chi connectivity index (χ1v) is 10.0. The first-order valence-electron chi connectivity index (χ1n) is 9.64. The minimum Gasteiger partial charge on any atom is -0.454 e. The van der Waals surface area contributed by atoms with Crippen LogP contribution in [-0.2, 0) is 17.9 Å². The van der Waals surface area contributed by atoms with Gasteiger partial charge in [-0.05, 0) is 42.3 Å². The minimum atomic E-state index is -0.236. The highest BCUT2D eigenvalue weighted by Gasteiger charge is 2.17. The Morgan fingerprint density at radius 1 is 0.968 bits per heavy atom. The lowest BCUT2D eigenvalue weighted by Gasteiger charge is -2.14. The van der Waals surface area contributed by atoms with Gasteiger partial charge in [-0.3, -0.25) is 4.79 Å². The maximum atomic E-state index is 12.9. The van der Waals surface area contributed by atoms with Gasteiger partial charge in [-0.25, -0.2) is 0 Å². The summed E-state index contributed by atoms with van der Waals surface area (Å²) in [7, 11) is 0. The van der Waals surface area contributed by atoms with E-state index in [0.29, 0.717) is 40.9 Å². The summed E-state index contributed by atoms with van der Waals surface area (Å²) < 4.78 is 10.7. The molecule has 0 spiro atoms. The lowest BCUT2D eigenvalue weighted by Crippen LogP contribution is -2.24. The molecule has 1 heterocycles. The molecule has 6 nitrogen and oxygen atoms in total. The van der Waals surface area contributed by atoms with E-state index in [1.54, 1.807) is 6.07 Å². The Bertz CT molecular complexity index is 1050. The molecule has 1 amide bonds. The number of amides is 1. The Morgan fingerprint density at radius 2 is 1.68 bits per heavy atom. The van der Waals surface area contributed by atoms with Crippen molar-refractivity contribution in [3.63, 3.8) is 0 Å². The fourth-order valence-corrected chi connectivity index (χ4v) is 3.39. The molecule has 2 N–H and O–H groups in total. The van der Waals surface area contributed by atoms with E-state index in [9.17, 15) is 4.79 Å². The van der Waals surface area contributed by atoms with Crippen LogP contribution in [0.15, 0.2) is 60.7 Å². The number of nitrogens with one attached hydrogen (secondary N) is 2. The van der Waals surface area contributed by atoms with Gasteiger partial charge >= 0.3 is 0 Å². The number of hydrogen-bond acceptors (Lipinski definition) is 5. The highest BCUT2D eigenvalue weighted by Crippen LogP contribution is 2.32. The minimum absolute atomic E-state index is 0.223. The average Bonchev–Trinajstić information content (AvgIpc) is 3.26. The third-order valence-electron chi connectivity index (χ3n) is 4.73. The Hall–Kier alpha value is -3.51. The zero-order chi connectivity index (χ0) is 22.2. The average molecular weight is 439 g/mol. The van der Waals surface area contributed by atoms with Gasteiger partial charge < -0.3 is 24.9 Å². The Morgan fingerprint density at radius 3 is 2.45 bits per heavy atom. The number of anilines is 1. The van der Waals surface area contributed by atoms with Gasteiger partial charge in [0.2, 0.25) is 6.79 Å². The second-order valence-electron chi connectivity index (χ2n) is 6.87. The van der Waals surface area contributed by atoms with E-state index in [1.165, 1.54) is 5.56 Å². The van der Waals surface area contributed by atoms with Gasteiger partial charge in [0.1, 0.15) is 6.79 Å². The summed E-state index contributed by atoms with van der Waals surface area (Å²) >= 11 is 6.35. The van der Waals surface area contributed by atoms with Crippen LogP contribution in [0.4, 0.5) is 5.69 Å². The zero-order valence-corrected chi connectivity index (χ0v) is 17.9. The molecule has 1 aliphatic heterocycles. The summed E-state index contributed by atoms with van der Waals surface area (Å²) in [6.45, 7) is 5.23. The molecule has 0 radical (unpaired) electrons. The van der Waals surface area contributed by atoms with Gasteiger partial charge in [-0.1, -0.05) is 53.6 Å². The smallest absolute Gasteiger partial charge is 0.255 e. The largest absolute Gasteiger partial charge is 0.454 e. The molecule has 0 saturated carbocycles. The number of ether oxygens (including phenoxy) is 2. The van der Waals surface area contributed by atoms with Crippen LogP contribution in [0.1, 0.15) is 27.0 Å². The van der Waals surface area contributed by atoms with Gasteiger partial charge in [0, 0.05) is 18.8 Å². The van der Waals surface area contributed by atoms with Crippen LogP contribution in [0.25, 0.3) is 0 Å². The number of fused-ring (bicyclic) bond motifs is 1. The van der Waals surface area contributed by atoms with Crippen LogP contribution in [0.5, 0.6) is 11.5 Å². The molecular formula is C24H23ClN2O4. The van der Waals surface area contributed by atoms with Crippen LogP contribution in [0.2, 0.25) is 5.02 Å². The summed E-state index contributed by atoms with van der Waals surface area (Å²) in [6, 6.07) is 19.3. The quantitative estimate of drug-likeness (QED) is 0.581. The van der Waals surface area contributed by atoms with Gasteiger partial charge in [0.15, 0.2) is 11.5 Å². The molecule has 0 fully saturated rings. The third-order valence-corrected chi connectivity index (χ3v) is 5.05. The molecular weight excluding hydrogens is 416 g/mol. The van der Waals surface area contributed by atoms with Crippen molar-refractivity contribution in [1.82, 2.24) is 5.32 Å². The summed E-state index contributed by atoms with van der Waals surface area (Å²) in [5, 5.41) is 6.66. The summed E-state index contributed by atoms with van der Waals surface area (Å²) in [4.78, 5) is 20.9. The summed E-state index contributed by atoms with van der Waals surface area (Å²) in [6.07, 6.45) is 0. The molecule has 4 rings (SSSR count). The molecule has 31 heavy (non-hydrogen) atoms. The highest BCUT2D eigenvalue weighted by molar-refractivity contribution is 6.34. The fraction of sp³-hybridized carbons (Fsp3) is 0.167. The van der Waals surface area contributed by atoms with Crippen LogP contribution in [-0.4, -0.2) is 19.5 Å². The molecule has 3 aromatic rings. The lowest BCUT2D eigenvalue weighted by atomic mass is 10.1. The standard InChI is InChI=1S/C23H21ClN2O3.CH2O/c1-15-5-7-16(8-6-15)12-25-19-4-2-3-18(24)22(19)23(27)26-13-17-9-10-20-21(11-17)29-14-28-20;1-2/h2-11,25H,12-14H2,1H3,(H,26,27);1H2. The SMILES string of the molecule is C=O.Cc1ccc(CNc2cccc(Cl)c2C(=O)NCc2ccc3c(c2)OCO3)cc1. The number of benzene rings is 3. The van der Waals surface area contributed by atoms with Gasteiger partial charge in [0.25, 0.3) is 5.91 Å². The van der Waals surface area contributed by atoms with E-state index in [-0.39, 0.29) is 12.7 Å². The van der Waals surface area contributed by atoms with Crippen LogP contribution < -0.4 is 20.1 Å². The fourth-order valence-electron chi connectivity index (χ4n) is 3.13. The van der Waals surface area contributed by atoms with Crippen LogP contribution >= 0.6 is 11.6 Å². The molecule has 0 bridgehead atoms. The third kappa shape index (κ3) is 5.55. The predicted octanol–water partition coefficient (Wildman–Crippen LogP) is 4.73. The van der Waals surface area contributed by atoms with Crippen LogP contribution in [0.3, 0.4) is 0 Å². The van der Waals surface area contributed by atoms with Crippen molar-refractivity contribution in [2.45, 2.75) is 20.0 Å². The van der Waals surface area contributed by atoms with Crippen LogP contribution in [0, 0.1) is 6.92 Å².